The molecule has 0 aliphatic rings. The van der Waals surface area contributed by atoms with E-state index in [2.05, 4.69) is 170 Å². The fraction of sp³-hybridized carbons (Fsp3) is 0. The van der Waals surface area contributed by atoms with Crippen LogP contribution in [0.4, 0.5) is 0 Å². The van der Waals surface area contributed by atoms with Crippen molar-refractivity contribution in [3.63, 3.8) is 0 Å². The van der Waals surface area contributed by atoms with Crippen LogP contribution >= 0.6 is 0 Å². The fourth-order valence-corrected chi connectivity index (χ4v) is 7.73. The smallest absolute Gasteiger partial charge is 0.136 e. The molecule has 1 nitrogen and oxygen atoms in total. The Morgan fingerprint density at radius 3 is 1.47 bits per heavy atom. The summed E-state index contributed by atoms with van der Waals surface area (Å²) in [6.45, 7) is 0. The fourth-order valence-electron chi connectivity index (χ4n) is 7.73. The van der Waals surface area contributed by atoms with Gasteiger partial charge in [-0.05, 0) is 101 Å². The summed E-state index contributed by atoms with van der Waals surface area (Å²) in [4.78, 5) is 0. The second-order valence-corrected chi connectivity index (χ2v) is 12.4. The average molecular weight is 597 g/mol. The van der Waals surface area contributed by atoms with Crippen LogP contribution in [0.25, 0.3) is 98.4 Å². The first-order valence-corrected chi connectivity index (χ1v) is 16.2. The Kier molecular flexibility index (Phi) is 5.64. The lowest BCUT2D eigenvalue weighted by molar-refractivity contribution is 0.669. The van der Waals surface area contributed by atoms with Crippen molar-refractivity contribution in [3.05, 3.63) is 170 Å². The van der Waals surface area contributed by atoms with Gasteiger partial charge in [0.05, 0.1) is 0 Å². The summed E-state index contributed by atoms with van der Waals surface area (Å²) < 4.78 is 6.54. The number of fused-ring (bicyclic) bond motifs is 7. The summed E-state index contributed by atoms with van der Waals surface area (Å²) in [6, 6.07) is 61.5. The van der Waals surface area contributed by atoms with Crippen LogP contribution in [0.2, 0.25) is 0 Å². The van der Waals surface area contributed by atoms with Crippen molar-refractivity contribution in [2.75, 3.05) is 0 Å². The minimum Gasteiger partial charge on any atom is -0.456 e. The lowest BCUT2D eigenvalue weighted by Crippen LogP contribution is -1.92. The maximum Gasteiger partial charge on any atom is 0.136 e. The normalized spacial score (nSPS) is 11.8. The monoisotopic (exact) mass is 596 g/mol. The maximum atomic E-state index is 6.54. The third-order valence-electron chi connectivity index (χ3n) is 9.84. The number of rotatable bonds is 3. The van der Waals surface area contributed by atoms with Gasteiger partial charge in [-0.15, -0.1) is 0 Å². The Morgan fingerprint density at radius 2 is 0.787 bits per heavy atom. The molecule has 0 N–H and O–H groups in total. The first-order valence-electron chi connectivity index (χ1n) is 16.2. The molecule has 47 heavy (non-hydrogen) atoms. The topological polar surface area (TPSA) is 13.1 Å². The highest BCUT2D eigenvalue weighted by atomic mass is 16.3. The average Bonchev–Trinajstić information content (AvgIpc) is 3.49. The number of hydrogen-bond acceptors (Lipinski definition) is 1. The molecule has 1 aromatic heterocycles. The van der Waals surface area contributed by atoms with E-state index >= 15 is 0 Å². The molecule has 0 saturated heterocycles. The summed E-state index contributed by atoms with van der Waals surface area (Å²) >= 11 is 0. The molecule has 10 aromatic rings. The summed E-state index contributed by atoms with van der Waals surface area (Å²) in [5, 5.41) is 12.2. The number of benzene rings is 9. The zero-order valence-corrected chi connectivity index (χ0v) is 25.6. The summed E-state index contributed by atoms with van der Waals surface area (Å²) in [5.41, 5.74) is 9.23. The van der Waals surface area contributed by atoms with Crippen LogP contribution in [0, 0.1) is 0 Å². The quantitative estimate of drug-likeness (QED) is 0.185. The van der Waals surface area contributed by atoms with Crippen LogP contribution in [0.1, 0.15) is 0 Å². The van der Waals surface area contributed by atoms with Crippen LogP contribution in [-0.2, 0) is 0 Å². The Morgan fingerprint density at radius 1 is 0.277 bits per heavy atom. The van der Waals surface area contributed by atoms with Crippen molar-refractivity contribution in [2.45, 2.75) is 0 Å². The molecule has 1 heteroatoms. The van der Waals surface area contributed by atoms with E-state index in [1.54, 1.807) is 0 Å². The first-order chi connectivity index (χ1) is 23.3. The van der Waals surface area contributed by atoms with Crippen LogP contribution in [0.5, 0.6) is 0 Å². The van der Waals surface area contributed by atoms with Crippen LogP contribution < -0.4 is 0 Å². The van der Waals surface area contributed by atoms with E-state index < -0.39 is 0 Å². The predicted molar refractivity (Wildman–Crippen MR) is 200 cm³/mol. The molecule has 0 aliphatic carbocycles. The molecule has 0 fully saturated rings. The molecule has 0 unspecified atom stereocenters. The predicted octanol–water partition coefficient (Wildman–Crippen LogP) is 13.2. The van der Waals surface area contributed by atoms with E-state index in [1.165, 1.54) is 70.9 Å². The molecule has 0 spiro atoms. The molecule has 1 heterocycles. The van der Waals surface area contributed by atoms with E-state index in [1.807, 2.05) is 0 Å². The first kappa shape index (κ1) is 26.1. The third-order valence-corrected chi connectivity index (χ3v) is 9.84. The third kappa shape index (κ3) is 3.97. The number of hydrogen-bond donors (Lipinski definition) is 0. The highest BCUT2D eigenvalue weighted by molar-refractivity contribution is 6.24. The molecule has 0 bridgehead atoms. The Balaban J connectivity index is 1.25. The van der Waals surface area contributed by atoms with Gasteiger partial charge in [0.1, 0.15) is 11.2 Å². The van der Waals surface area contributed by atoms with Gasteiger partial charge in [0.25, 0.3) is 0 Å². The van der Waals surface area contributed by atoms with Gasteiger partial charge in [-0.3, -0.25) is 0 Å². The second kappa shape index (κ2) is 10.2. The van der Waals surface area contributed by atoms with Gasteiger partial charge >= 0.3 is 0 Å². The lowest BCUT2D eigenvalue weighted by atomic mass is 9.83. The standard InChI is InChI=1S/C46H28O/c1-2-12-29(13-3-1)33-24-25-41(35-17-7-6-16-34(33)35)46-39-20-10-8-18-37(39)45(38-19-9-11-21-40(38)46)32-22-23-36-42-26-30-14-4-5-15-31(30)27-44(42)47-43(36)28-32/h1-28H. The molecule has 0 atom stereocenters. The zero-order valence-electron chi connectivity index (χ0n) is 25.6. The largest absolute Gasteiger partial charge is 0.456 e. The SMILES string of the molecule is c1ccc(-c2ccc(-c3c4ccccc4c(-c4ccc5c(c4)oc4cc6ccccc6cc45)c4ccccc34)c3ccccc23)cc1. The Labute approximate surface area is 271 Å². The van der Waals surface area contributed by atoms with Gasteiger partial charge < -0.3 is 4.42 Å². The minimum atomic E-state index is 0.910. The van der Waals surface area contributed by atoms with Gasteiger partial charge in [-0.2, -0.15) is 0 Å². The molecule has 218 valence electrons. The highest BCUT2D eigenvalue weighted by Crippen LogP contribution is 2.47. The van der Waals surface area contributed by atoms with Crippen LogP contribution in [0.15, 0.2) is 174 Å². The molecular formula is C46H28O. The van der Waals surface area contributed by atoms with Crippen molar-refractivity contribution in [1.29, 1.82) is 0 Å². The van der Waals surface area contributed by atoms with E-state index in [4.69, 9.17) is 4.42 Å². The minimum absolute atomic E-state index is 0.910. The van der Waals surface area contributed by atoms with Crippen molar-refractivity contribution < 1.29 is 4.42 Å². The molecule has 9 aromatic carbocycles. The molecule has 0 aliphatic heterocycles. The maximum absolute atomic E-state index is 6.54. The highest BCUT2D eigenvalue weighted by Gasteiger charge is 2.20. The van der Waals surface area contributed by atoms with Crippen molar-refractivity contribution in [3.8, 4) is 33.4 Å². The summed E-state index contributed by atoms with van der Waals surface area (Å²) in [6.07, 6.45) is 0. The Bertz CT molecular complexity index is 2780. The molecule has 0 saturated carbocycles. The van der Waals surface area contributed by atoms with Crippen molar-refractivity contribution >= 4 is 65.0 Å². The van der Waals surface area contributed by atoms with Gasteiger partial charge in [0, 0.05) is 10.8 Å². The second-order valence-electron chi connectivity index (χ2n) is 12.4. The lowest BCUT2D eigenvalue weighted by Gasteiger charge is -2.19. The molecule has 0 amide bonds. The van der Waals surface area contributed by atoms with Gasteiger partial charge in [0.15, 0.2) is 0 Å². The Hall–Kier alpha value is -6.18. The van der Waals surface area contributed by atoms with Gasteiger partial charge in [0.2, 0.25) is 0 Å². The van der Waals surface area contributed by atoms with Gasteiger partial charge in [-0.1, -0.05) is 146 Å². The van der Waals surface area contributed by atoms with E-state index in [0.717, 1.165) is 27.5 Å². The summed E-state index contributed by atoms with van der Waals surface area (Å²) in [7, 11) is 0. The zero-order chi connectivity index (χ0) is 30.9. The van der Waals surface area contributed by atoms with E-state index in [9.17, 15) is 0 Å². The molecule has 10 rings (SSSR count). The number of furan rings is 1. The van der Waals surface area contributed by atoms with Crippen LogP contribution in [-0.4, -0.2) is 0 Å². The van der Waals surface area contributed by atoms with Crippen molar-refractivity contribution in [2.24, 2.45) is 0 Å². The van der Waals surface area contributed by atoms with E-state index in [-0.39, 0.29) is 0 Å². The van der Waals surface area contributed by atoms with Crippen LogP contribution in [0.3, 0.4) is 0 Å². The molecular weight excluding hydrogens is 569 g/mol. The van der Waals surface area contributed by atoms with Crippen molar-refractivity contribution in [1.82, 2.24) is 0 Å². The van der Waals surface area contributed by atoms with E-state index in [0.29, 0.717) is 0 Å². The summed E-state index contributed by atoms with van der Waals surface area (Å²) in [5.74, 6) is 0. The van der Waals surface area contributed by atoms with Gasteiger partial charge in [-0.25, -0.2) is 0 Å². The molecule has 0 radical (unpaired) electrons.